The van der Waals surface area contributed by atoms with Crippen LogP contribution in [0.4, 0.5) is 4.39 Å². The highest BCUT2D eigenvalue weighted by atomic mass is 35.5. The van der Waals surface area contributed by atoms with Gasteiger partial charge in [0.1, 0.15) is 11.5 Å². The lowest BCUT2D eigenvalue weighted by atomic mass is 10.1. The Hall–Kier alpha value is -2.71. The topological polar surface area (TPSA) is 69.6 Å². The maximum absolute atomic E-state index is 14.1. The Kier molecular flexibility index (Phi) is 5.04. The molecule has 0 radical (unpaired) electrons. The standard InChI is InChI=1S/C21H17ClFN5OS/c1-12(18-11-19(29-27-18)15-10-13(22)5-8-16(15)23)30-21-26-25-20(28(21)14-6-7-14)17-4-2-3-9-24-17/h2-5,8-12,14H,6-7H2,1H3. The number of aromatic nitrogens is 5. The van der Waals surface area contributed by atoms with Gasteiger partial charge in [-0.1, -0.05) is 34.6 Å². The Balaban J connectivity index is 1.41. The molecule has 0 aliphatic heterocycles. The van der Waals surface area contributed by atoms with Gasteiger partial charge < -0.3 is 4.52 Å². The van der Waals surface area contributed by atoms with E-state index >= 15 is 0 Å². The zero-order valence-electron chi connectivity index (χ0n) is 16.0. The van der Waals surface area contributed by atoms with Crippen molar-refractivity contribution in [3.05, 3.63) is 65.2 Å². The number of thioether (sulfide) groups is 1. The van der Waals surface area contributed by atoms with E-state index in [1.807, 2.05) is 25.1 Å². The molecule has 3 aromatic heterocycles. The summed E-state index contributed by atoms with van der Waals surface area (Å²) < 4.78 is 21.7. The van der Waals surface area contributed by atoms with Gasteiger partial charge in [-0.25, -0.2) is 4.39 Å². The van der Waals surface area contributed by atoms with Crippen molar-refractivity contribution in [3.8, 4) is 22.8 Å². The molecule has 1 fully saturated rings. The second kappa shape index (κ2) is 7.85. The molecule has 9 heteroatoms. The van der Waals surface area contributed by atoms with Crippen molar-refractivity contribution >= 4 is 23.4 Å². The van der Waals surface area contributed by atoms with Crippen LogP contribution in [0.5, 0.6) is 0 Å². The van der Waals surface area contributed by atoms with Gasteiger partial charge in [-0.2, -0.15) is 0 Å². The lowest BCUT2D eigenvalue weighted by molar-refractivity contribution is 0.421. The molecule has 30 heavy (non-hydrogen) atoms. The molecule has 4 aromatic rings. The van der Waals surface area contributed by atoms with Crippen molar-refractivity contribution < 1.29 is 8.91 Å². The molecule has 1 aromatic carbocycles. The molecule has 1 saturated carbocycles. The van der Waals surface area contributed by atoms with E-state index in [4.69, 9.17) is 16.1 Å². The van der Waals surface area contributed by atoms with Crippen LogP contribution in [0.2, 0.25) is 5.02 Å². The maximum atomic E-state index is 14.1. The Bertz CT molecular complexity index is 1190. The van der Waals surface area contributed by atoms with E-state index in [0.29, 0.717) is 22.5 Å². The highest BCUT2D eigenvalue weighted by Gasteiger charge is 2.31. The summed E-state index contributed by atoms with van der Waals surface area (Å²) in [4.78, 5) is 4.42. The molecule has 1 unspecified atom stereocenters. The summed E-state index contributed by atoms with van der Waals surface area (Å²) in [5.74, 6) is 0.709. The molecule has 0 saturated heterocycles. The van der Waals surface area contributed by atoms with Gasteiger partial charge in [0, 0.05) is 23.3 Å². The van der Waals surface area contributed by atoms with Gasteiger partial charge >= 0.3 is 0 Å². The largest absolute Gasteiger partial charge is 0.356 e. The van der Waals surface area contributed by atoms with Gasteiger partial charge in [-0.05, 0) is 50.1 Å². The summed E-state index contributed by atoms with van der Waals surface area (Å²) in [5.41, 5.74) is 1.78. The molecule has 1 aliphatic rings. The van der Waals surface area contributed by atoms with E-state index in [1.165, 1.54) is 18.2 Å². The number of hydrogen-bond donors (Lipinski definition) is 0. The van der Waals surface area contributed by atoms with Gasteiger partial charge in [0.25, 0.3) is 0 Å². The first-order chi connectivity index (χ1) is 14.6. The minimum Gasteiger partial charge on any atom is -0.356 e. The van der Waals surface area contributed by atoms with Crippen molar-refractivity contribution in [2.75, 3.05) is 0 Å². The fourth-order valence-electron chi connectivity index (χ4n) is 3.20. The molecule has 152 valence electrons. The number of hydrogen-bond acceptors (Lipinski definition) is 6. The zero-order valence-corrected chi connectivity index (χ0v) is 17.6. The predicted octanol–water partition coefficient (Wildman–Crippen LogP) is 5.98. The minimum absolute atomic E-state index is 0.0666. The zero-order chi connectivity index (χ0) is 20.7. The second-order valence-electron chi connectivity index (χ2n) is 7.12. The molecular weight excluding hydrogens is 425 g/mol. The molecule has 1 aliphatic carbocycles. The summed E-state index contributed by atoms with van der Waals surface area (Å²) in [6.45, 7) is 2.01. The third kappa shape index (κ3) is 3.73. The van der Waals surface area contributed by atoms with Crippen LogP contribution in [-0.2, 0) is 0 Å². The van der Waals surface area contributed by atoms with Crippen molar-refractivity contribution in [3.63, 3.8) is 0 Å². The fourth-order valence-corrected chi connectivity index (χ4v) is 4.36. The lowest BCUT2D eigenvalue weighted by Gasteiger charge is -2.10. The fraction of sp³-hybridized carbons (Fsp3) is 0.238. The van der Waals surface area contributed by atoms with Crippen molar-refractivity contribution in [2.45, 2.75) is 36.2 Å². The highest BCUT2D eigenvalue weighted by molar-refractivity contribution is 7.99. The van der Waals surface area contributed by atoms with Crippen LogP contribution >= 0.6 is 23.4 Å². The molecule has 6 nitrogen and oxygen atoms in total. The Morgan fingerprint density at radius 1 is 1.20 bits per heavy atom. The van der Waals surface area contributed by atoms with Crippen LogP contribution in [0.15, 0.2) is 58.3 Å². The third-order valence-corrected chi connectivity index (χ3v) is 6.21. The lowest BCUT2D eigenvalue weighted by Crippen LogP contribution is -2.01. The first-order valence-corrected chi connectivity index (χ1v) is 10.8. The van der Waals surface area contributed by atoms with Crippen LogP contribution < -0.4 is 0 Å². The van der Waals surface area contributed by atoms with Crippen molar-refractivity contribution in [2.24, 2.45) is 0 Å². The molecular formula is C21H17ClFN5OS. The second-order valence-corrected chi connectivity index (χ2v) is 8.87. The van der Waals surface area contributed by atoms with Gasteiger partial charge in [0.05, 0.1) is 16.5 Å². The Labute approximate surface area is 181 Å². The molecule has 0 amide bonds. The van der Waals surface area contributed by atoms with Crippen molar-refractivity contribution in [1.82, 2.24) is 24.9 Å². The summed E-state index contributed by atoms with van der Waals surface area (Å²) in [5, 5.41) is 14.1. The summed E-state index contributed by atoms with van der Waals surface area (Å²) in [6.07, 6.45) is 3.95. The quantitative estimate of drug-likeness (QED) is 0.343. The van der Waals surface area contributed by atoms with Gasteiger partial charge in [-0.3, -0.25) is 9.55 Å². The first-order valence-electron chi connectivity index (χ1n) is 9.55. The molecule has 0 N–H and O–H groups in total. The van der Waals surface area contributed by atoms with Crippen molar-refractivity contribution in [1.29, 1.82) is 0 Å². The normalized spacial score (nSPS) is 14.8. The number of benzene rings is 1. The average molecular weight is 442 g/mol. The molecule has 3 heterocycles. The highest BCUT2D eigenvalue weighted by Crippen LogP contribution is 2.44. The number of rotatable bonds is 6. The van der Waals surface area contributed by atoms with Crippen LogP contribution in [0.25, 0.3) is 22.8 Å². The Morgan fingerprint density at radius 2 is 2.07 bits per heavy atom. The van der Waals surface area contributed by atoms with E-state index < -0.39 is 5.82 Å². The predicted molar refractivity (Wildman–Crippen MR) is 113 cm³/mol. The van der Waals surface area contributed by atoms with Crippen LogP contribution in [-0.4, -0.2) is 24.9 Å². The van der Waals surface area contributed by atoms with E-state index in [9.17, 15) is 4.39 Å². The first kappa shape index (κ1) is 19.3. The summed E-state index contributed by atoms with van der Waals surface area (Å²) >= 11 is 7.54. The van der Waals surface area contributed by atoms with Crippen LogP contribution in [0.1, 0.15) is 36.8 Å². The number of nitrogens with zero attached hydrogens (tertiary/aromatic N) is 5. The molecule has 0 bridgehead atoms. The van der Waals surface area contributed by atoms with E-state index in [0.717, 1.165) is 29.5 Å². The van der Waals surface area contributed by atoms with Gasteiger partial charge in [0.15, 0.2) is 16.7 Å². The smallest absolute Gasteiger partial charge is 0.192 e. The maximum Gasteiger partial charge on any atom is 0.192 e. The van der Waals surface area contributed by atoms with Gasteiger partial charge in [-0.15, -0.1) is 10.2 Å². The summed E-state index contributed by atoms with van der Waals surface area (Å²) in [7, 11) is 0. The SMILES string of the molecule is CC(Sc1nnc(-c2ccccn2)n1C1CC1)c1cc(-c2cc(Cl)ccc2F)on1. The monoisotopic (exact) mass is 441 g/mol. The molecule has 1 atom stereocenters. The third-order valence-electron chi connectivity index (χ3n) is 4.89. The van der Waals surface area contributed by atoms with E-state index in [1.54, 1.807) is 24.0 Å². The van der Waals surface area contributed by atoms with Crippen LogP contribution in [0, 0.1) is 5.82 Å². The average Bonchev–Trinajstić information content (AvgIpc) is 3.31. The Morgan fingerprint density at radius 3 is 2.83 bits per heavy atom. The van der Waals surface area contributed by atoms with E-state index in [2.05, 4.69) is 24.9 Å². The molecule has 0 spiro atoms. The number of pyridine rings is 1. The minimum atomic E-state index is -0.407. The number of halogens is 2. The van der Waals surface area contributed by atoms with Gasteiger partial charge in [0.2, 0.25) is 0 Å². The summed E-state index contributed by atoms with van der Waals surface area (Å²) in [6, 6.07) is 12.2. The van der Waals surface area contributed by atoms with Crippen LogP contribution in [0.3, 0.4) is 0 Å². The van der Waals surface area contributed by atoms with E-state index in [-0.39, 0.29) is 10.8 Å². The molecule has 5 rings (SSSR count).